The highest BCUT2D eigenvalue weighted by Crippen LogP contribution is 2.14. The molecule has 0 saturated carbocycles. The molecule has 4 heteroatoms. The Hall–Kier alpha value is -3.66. The molecule has 0 fully saturated rings. The molecule has 0 spiro atoms. The second-order valence-electron chi connectivity index (χ2n) is 6.74. The van der Waals surface area contributed by atoms with E-state index in [1.165, 1.54) is 5.56 Å². The highest BCUT2D eigenvalue weighted by atomic mass is 16.5. The Morgan fingerprint density at radius 3 is 2.34 bits per heavy atom. The van der Waals surface area contributed by atoms with Crippen LogP contribution in [0, 0.1) is 6.92 Å². The van der Waals surface area contributed by atoms with Crippen LogP contribution < -0.4 is 10.2 Å². The number of hydrazone groups is 1. The van der Waals surface area contributed by atoms with E-state index >= 15 is 0 Å². The molecule has 0 heterocycles. The van der Waals surface area contributed by atoms with Gasteiger partial charge in [0.1, 0.15) is 12.4 Å². The first-order chi connectivity index (χ1) is 14.1. The fraction of sp³-hybridized carbons (Fsp3) is 0.120. The summed E-state index contributed by atoms with van der Waals surface area (Å²) in [5.41, 5.74) is 7.21. The van der Waals surface area contributed by atoms with Gasteiger partial charge in [0, 0.05) is 5.56 Å². The van der Waals surface area contributed by atoms with Crippen LogP contribution in [0.2, 0.25) is 0 Å². The smallest absolute Gasteiger partial charge is 0.271 e. The fourth-order valence-corrected chi connectivity index (χ4v) is 2.58. The molecule has 29 heavy (non-hydrogen) atoms. The average Bonchev–Trinajstić information content (AvgIpc) is 2.76. The number of benzene rings is 3. The van der Waals surface area contributed by atoms with Crippen LogP contribution >= 0.6 is 0 Å². The van der Waals surface area contributed by atoms with E-state index < -0.39 is 0 Å². The minimum Gasteiger partial charge on any atom is -0.489 e. The molecule has 1 N–H and O–H groups in total. The maximum Gasteiger partial charge on any atom is 0.271 e. The first-order valence-corrected chi connectivity index (χ1v) is 9.46. The molecule has 1 amide bonds. The SMILES string of the molecule is CC(/C=C/c1ccccc1)=N/NC(=O)c1ccc(OCc2ccc(C)cc2)cc1. The lowest BCUT2D eigenvalue weighted by atomic mass is 10.2. The molecule has 0 unspecified atom stereocenters. The van der Waals surface area contributed by atoms with Crippen molar-refractivity contribution in [2.75, 3.05) is 0 Å². The monoisotopic (exact) mass is 384 g/mol. The maximum atomic E-state index is 12.3. The summed E-state index contributed by atoms with van der Waals surface area (Å²) >= 11 is 0. The summed E-state index contributed by atoms with van der Waals surface area (Å²) in [5, 5.41) is 4.12. The maximum absolute atomic E-state index is 12.3. The van der Waals surface area contributed by atoms with Gasteiger partial charge in [-0.05, 0) is 55.3 Å². The lowest BCUT2D eigenvalue weighted by molar-refractivity contribution is 0.0955. The van der Waals surface area contributed by atoms with Crippen molar-refractivity contribution in [2.45, 2.75) is 20.5 Å². The zero-order valence-corrected chi connectivity index (χ0v) is 16.6. The molecule has 146 valence electrons. The molecule has 0 aliphatic rings. The van der Waals surface area contributed by atoms with Gasteiger partial charge >= 0.3 is 0 Å². The van der Waals surface area contributed by atoms with Crippen molar-refractivity contribution in [3.05, 3.63) is 107 Å². The topological polar surface area (TPSA) is 50.7 Å². The summed E-state index contributed by atoms with van der Waals surface area (Å²) in [7, 11) is 0. The number of aryl methyl sites for hydroxylation is 1. The van der Waals surface area contributed by atoms with Crippen LogP contribution in [0.1, 0.15) is 34.0 Å². The molecule has 0 atom stereocenters. The molecule has 0 radical (unpaired) electrons. The number of amides is 1. The molecular formula is C25H24N2O2. The van der Waals surface area contributed by atoms with Gasteiger partial charge in [0.25, 0.3) is 5.91 Å². The summed E-state index contributed by atoms with van der Waals surface area (Å²) in [4.78, 5) is 12.3. The van der Waals surface area contributed by atoms with Gasteiger partial charge in [0.2, 0.25) is 0 Å². The molecule has 0 aliphatic heterocycles. The second-order valence-corrected chi connectivity index (χ2v) is 6.74. The van der Waals surface area contributed by atoms with Crippen molar-refractivity contribution in [1.29, 1.82) is 0 Å². The van der Waals surface area contributed by atoms with Gasteiger partial charge in [-0.3, -0.25) is 4.79 Å². The Balaban J connectivity index is 1.51. The standard InChI is InChI=1S/C25H24N2O2/c1-19-8-11-22(12-9-19)18-29-24-16-14-23(15-17-24)25(28)27-26-20(2)10-13-21-6-4-3-5-7-21/h3-17H,18H2,1-2H3,(H,27,28)/b13-10+,26-20-. The van der Waals surface area contributed by atoms with Gasteiger partial charge in [0.15, 0.2) is 0 Å². The Morgan fingerprint density at radius 1 is 0.966 bits per heavy atom. The zero-order valence-electron chi connectivity index (χ0n) is 16.6. The first-order valence-electron chi connectivity index (χ1n) is 9.46. The summed E-state index contributed by atoms with van der Waals surface area (Å²) in [5.74, 6) is 0.454. The molecule has 0 saturated heterocycles. The van der Waals surface area contributed by atoms with Crippen LogP contribution in [-0.4, -0.2) is 11.6 Å². The van der Waals surface area contributed by atoms with E-state index in [0.29, 0.717) is 23.6 Å². The van der Waals surface area contributed by atoms with Gasteiger partial charge in [0.05, 0.1) is 5.71 Å². The Labute approximate surface area is 171 Å². The molecule has 0 bridgehead atoms. The second kappa shape index (κ2) is 10.0. The van der Waals surface area contributed by atoms with E-state index in [1.54, 1.807) is 24.3 Å². The number of carbonyl (C=O) groups is 1. The normalized spacial score (nSPS) is 11.4. The van der Waals surface area contributed by atoms with Crippen LogP contribution in [0.5, 0.6) is 5.75 Å². The Bertz CT molecular complexity index is 989. The predicted molar refractivity (Wildman–Crippen MR) is 118 cm³/mol. The lowest BCUT2D eigenvalue weighted by Gasteiger charge is -2.07. The quantitative estimate of drug-likeness (QED) is 0.438. The lowest BCUT2D eigenvalue weighted by Crippen LogP contribution is -2.18. The molecule has 0 aromatic heterocycles. The molecule has 3 rings (SSSR count). The molecule has 3 aromatic rings. The third-order valence-electron chi connectivity index (χ3n) is 4.29. The molecule has 4 nitrogen and oxygen atoms in total. The van der Waals surface area contributed by atoms with Crippen molar-refractivity contribution < 1.29 is 9.53 Å². The zero-order chi connectivity index (χ0) is 20.5. The first kappa shape index (κ1) is 20.1. The van der Waals surface area contributed by atoms with Gasteiger partial charge in [-0.15, -0.1) is 0 Å². The van der Waals surface area contributed by atoms with Crippen LogP contribution in [0.3, 0.4) is 0 Å². The summed E-state index contributed by atoms with van der Waals surface area (Å²) in [6.45, 7) is 4.38. The molecule has 3 aromatic carbocycles. The summed E-state index contributed by atoms with van der Waals surface area (Å²) < 4.78 is 5.77. The number of hydrogen-bond acceptors (Lipinski definition) is 3. The molecule has 0 aliphatic carbocycles. The van der Waals surface area contributed by atoms with Gasteiger partial charge in [-0.1, -0.05) is 66.2 Å². The van der Waals surface area contributed by atoms with Crippen molar-refractivity contribution in [3.8, 4) is 5.75 Å². The Morgan fingerprint density at radius 2 is 1.66 bits per heavy atom. The van der Waals surface area contributed by atoms with Crippen molar-refractivity contribution in [2.24, 2.45) is 5.10 Å². The predicted octanol–water partition coefficient (Wildman–Crippen LogP) is 5.39. The summed E-state index contributed by atoms with van der Waals surface area (Å²) in [6, 6.07) is 25.2. The van der Waals surface area contributed by atoms with E-state index in [2.05, 4.69) is 29.6 Å². The van der Waals surface area contributed by atoms with E-state index in [9.17, 15) is 4.79 Å². The minimum absolute atomic E-state index is 0.262. The average molecular weight is 384 g/mol. The van der Waals surface area contributed by atoms with Gasteiger partial charge < -0.3 is 4.74 Å². The number of ether oxygens (including phenoxy) is 1. The number of allylic oxidation sites excluding steroid dienone is 1. The number of nitrogens with zero attached hydrogens (tertiary/aromatic N) is 1. The highest BCUT2D eigenvalue weighted by Gasteiger charge is 2.05. The number of hydrogen-bond donors (Lipinski definition) is 1. The van der Waals surface area contributed by atoms with Gasteiger partial charge in [-0.2, -0.15) is 5.10 Å². The van der Waals surface area contributed by atoms with Crippen molar-refractivity contribution in [1.82, 2.24) is 5.43 Å². The number of nitrogens with one attached hydrogen (secondary N) is 1. The largest absolute Gasteiger partial charge is 0.489 e. The van der Waals surface area contributed by atoms with E-state index in [-0.39, 0.29) is 5.91 Å². The van der Waals surface area contributed by atoms with E-state index in [4.69, 9.17) is 4.74 Å². The van der Waals surface area contributed by atoms with Crippen LogP contribution in [0.25, 0.3) is 6.08 Å². The van der Waals surface area contributed by atoms with Crippen LogP contribution in [0.4, 0.5) is 0 Å². The van der Waals surface area contributed by atoms with E-state index in [0.717, 1.165) is 11.1 Å². The van der Waals surface area contributed by atoms with Crippen molar-refractivity contribution in [3.63, 3.8) is 0 Å². The summed E-state index contributed by atoms with van der Waals surface area (Å²) in [6.07, 6.45) is 3.81. The molecular weight excluding hydrogens is 360 g/mol. The number of carbonyl (C=O) groups excluding carboxylic acids is 1. The van der Waals surface area contributed by atoms with E-state index in [1.807, 2.05) is 61.5 Å². The minimum atomic E-state index is -0.262. The fourth-order valence-electron chi connectivity index (χ4n) is 2.58. The van der Waals surface area contributed by atoms with Gasteiger partial charge in [-0.25, -0.2) is 5.43 Å². The highest BCUT2D eigenvalue weighted by molar-refractivity contribution is 5.99. The third-order valence-corrected chi connectivity index (χ3v) is 4.29. The number of rotatable bonds is 7. The third kappa shape index (κ3) is 6.47. The van der Waals surface area contributed by atoms with Crippen LogP contribution in [-0.2, 0) is 6.61 Å². The van der Waals surface area contributed by atoms with Crippen molar-refractivity contribution >= 4 is 17.7 Å². The Kier molecular flexibility index (Phi) is 6.95. The van der Waals surface area contributed by atoms with Crippen LogP contribution in [0.15, 0.2) is 90.0 Å².